The zero-order chi connectivity index (χ0) is 13.1. The second-order valence-electron chi connectivity index (χ2n) is 3.84. The van der Waals surface area contributed by atoms with Crippen molar-refractivity contribution in [3.63, 3.8) is 0 Å². The second-order valence-corrected chi connectivity index (χ2v) is 3.84. The van der Waals surface area contributed by atoms with E-state index in [0.29, 0.717) is 6.08 Å². The van der Waals surface area contributed by atoms with E-state index >= 15 is 0 Å². The first-order valence-corrected chi connectivity index (χ1v) is 5.07. The quantitative estimate of drug-likeness (QED) is 0.755. The minimum atomic E-state index is -4.31. The topological polar surface area (TPSA) is 57.6 Å². The van der Waals surface area contributed by atoms with Crippen molar-refractivity contribution in [2.24, 2.45) is 5.92 Å². The first kappa shape index (κ1) is 13.5. The summed E-state index contributed by atoms with van der Waals surface area (Å²) >= 11 is 0. The lowest BCUT2D eigenvalue weighted by Crippen LogP contribution is -2.44. The maximum Gasteiger partial charge on any atom is 0.393 e. The van der Waals surface area contributed by atoms with Gasteiger partial charge in [0.1, 0.15) is 0 Å². The molecule has 0 spiro atoms. The molecule has 1 atom stereocenters. The Morgan fingerprint density at radius 2 is 1.94 bits per heavy atom. The molecule has 0 aromatic carbocycles. The number of carbonyl (C=O) groups is 2. The van der Waals surface area contributed by atoms with E-state index in [4.69, 9.17) is 5.11 Å². The fraction of sp³-hybridized carbons (Fsp3) is 0.600. The molecule has 0 aromatic rings. The standard InChI is InChI=1S/C10H12F3NO3/c11-10(12,13)7-2-1-5-14(6-7)8(15)3-4-9(16)17/h3-4,7H,1-2,5-6H2,(H,16,17)/b4-3+/t7-/m1/s1. The van der Waals surface area contributed by atoms with Crippen molar-refractivity contribution in [1.82, 2.24) is 4.90 Å². The van der Waals surface area contributed by atoms with Gasteiger partial charge in [-0.2, -0.15) is 13.2 Å². The molecular weight excluding hydrogens is 239 g/mol. The van der Waals surface area contributed by atoms with Gasteiger partial charge in [-0.1, -0.05) is 0 Å². The fourth-order valence-corrected chi connectivity index (χ4v) is 1.69. The molecule has 17 heavy (non-hydrogen) atoms. The molecule has 0 aromatic heterocycles. The summed E-state index contributed by atoms with van der Waals surface area (Å²) in [4.78, 5) is 22.6. The molecule has 1 saturated heterocycles. The number of halogens is 3. The van der Waals surface area contributed by atoms with Gasteiger partial charge in [-0.15, -0.1) is 0 Å². The Morgan fingerprint density at radius 1 is 1.29 bits per heavy atom. The molecule has 0 aliphatic carbocycles. The number of carboxylic acid groups (broad SMARTS) is 1. The minimum Gasteiger partial charge on any atom is -0.478 e. The number of piperidine rings is 1. The number of carboxylic acids is 1. The number of hydrogen-bond donors (Lipinski definition) is 1. The maximum absolute atomic E-state index is 12.4. The number of nitrogens with zero attached hydrogens (tertiary/aromatic N) is 1. The Hall–Kier alpha value is -1.53. The van der Waals surface area contributed by atoms with Gasteiger partial charge >= 0.3 is 12.1 Å². The van der Waals surface area contributed by atoms with Crippen LogP contribution in [0.5, 0.6) is 0 Å². The number of likely N-dealkylation sites (tertiary alicyclic amines) is 1. The van der Waals surface area contributed by atoms with Crippen LogP contribution in [0.1, 0.15) is 12.8 Å². The first-order valence-electron chi connectivity index (χ1n) is 5.07. The van der Waals surface area contributed by atoms with E-state index in [9.17, 15) is 22.8 Å². The van der Waals surface area contributed by atoms with E-state index in [1.165, 1.54) is 0 Å². The van der Waals surface area contributed by atoms with Crippen LogP contribution in [-0.2, 0) is 9.59 Å². The molecular formula is C10H12F3NO3. The van der Waals surface area contributed by atoms with E-state index < -0.39 is 30.5 Å². The Labute approximate surface area is 95.7 Å². The molecule has 1 rings (SSSR count). The van der Waals surface area contributed by atoms with Gasteiger partial charge in [0.25, 0.3) is 0 Å². The molecule has 1 aliphatic heterocycles. The van der Waals surface area contributed by atoms with Gasteiger partial charge in [0.05, 0.1) is 5.92 Å². The monoisotopic (exact) mass is 251 g/mol. The number of rotatable bonds is 2. The van der Waals surface area contributed by atoms with Gasteiger partial charge in [-0.05, 0) is 12.8 Å². The number of alkyl halides is 3. The van der Waals surface area contributed by atoms with Crippen LogP contribution >= 0.6 is 0 Å². The SMILES string of the molecule is O=C(O)/C=C/C(=O)N1CCC[C@@H](C(F)(F)F)C1. The first-order chi connectivity index (χ1) is 7.80. The van der Waals surface area contributed by atoms with Gasteiger partial charge in [0.2, 0.25) is 5.91 Å². The molecule has 4 nitrogen and oxygen atoms in total. The van der Waals surface area contributed by atoms with Crippen LogP contribution < -0.4 is 0 Å². The lowest BCUT2D eigenvalue weighted by molar-refractivity contribution is -0.187. The third kappa shape index (κ3) is 4.08. The zero-order valence-electron chi connectivity index (χ0n) is 8.91. The van der Waals surface area contributed by atoms with Crippen LogP contribution in [0, 0.1) is 5.92 Å². The highest BCUT2D eigenvalue weighted by Crippen LogP contribution is 2.33. The zero-order valence-corrected chi connectivity index (χ0v) is 8.91. The third-order valence-corrected chi connectivity index (χ3v) is 2.56. The van der Waals surface area contributed by atoms with Crippen molar-refractivity contribution in [2.75, 3.05) is 13.1 Å². The van der Waals surface area contributed by atoms with Crippen molar-refractivity contribution in [2.45, 2.75) is 19.0 Å². The third-order valence-electron chi connectivity index (χ3n) is 2.56. The van der Waals surface area contributed by atoms with E-state index in [0.717, 1.165) is 11.0 Å². The van der Waals surface area contributed by atoms with Gasteiger partial charge in [-0.25, -0.2) is 4.79 Å². The van der Waals surface area contributed by atoms with Crippen molar-refractivity contribution in [1.29, 1.82) is 0 Å². The Bertz CT molecular complexity index is 338. The van der Waals surface area contributed by atoms with Gasteiger partial charge < -0.3 is 10.0 Å². The lowest BCUT2D eigenvalue weighted by atomic mass is 9.97. The van der Waals surface area contributed by atoms with Gasteiger partial charge in [0.15, 0.2) is 0 Å². The number of amides is 1. The predicted octanol–water partition coefficient (Wildman–Crippen LogP) is 1.43. The molecule has 1 aliphatic rings. The van der Waals surface area contributed by atoms with Crippen molar-refractivity contribution in [3.05, 3.63) is 12.2 Å². The molecule has 1 fully saturated rings. The highest BCUT2D eigenvalue weighted by Gasteiger charge is 2.42. The van der Waals surface area contributed by atoms with Crippen molar-refractivity contribution in [3.8, 4) is 0 Å². The summed E-state index contributed by atoms with van der Waals surface area (Å²) in [5.74, 6) is -3.51. The number of hydrogen-bond acceptors (Lipinski definition) is 2. The summed E-state index contributed by atoms with van der Waals surface area (Å²) in [6.45, 7) is -0.165. The molecule has 0 saturated carbocycles. The van der Waals surface area contributed by atoms with Crippen LogP contribution in [0.15, 0.2) is 12.2 Å². The normalized spacial score (nSPS) is 21.8. The van der Waals surface area contributed by atoms with Crippen LogP contribution in [0.2, 0.25) is 0 Å². The average Bonchev–Trinajstić information content (AvgIpc) is 2.25. The Morgan fingerprint density at radius 3 is 2.47 bits per heavy atom. The summed E-state index contributed by atoms with van der Waals surface area (Å²) in [6.07, 6.45) is -2.62. The number of carbonyl (C=O) groups excluding carboxylic acids is 1. The van der Waals surface area contributed by atoms with Crippen LogP contribution in [0.4, 0.5) is 13.2 Å². The lowest BCUT2D eigenvalue weighted by Gasteiger charge is -2.33. The van der Waals surface area contributed by atoms with Crippen LogP contribution in [0.3, 0.4) is 0 Å². The van der Waals surface area contributed by atoms with E-state index in [-0.39, 0.29) is 19.4 Å². The molecule has 0 unspecified atom stereocenters. The second kappa shape index (κ2) is 5.20. The molecule has 96 valence electrons. The van der Waals surface area contributed by atoms with E-state index in [2.05, 4.69) is 0 Å². The molecule has 7 heteroatoms. The summed E-state index contributed by atoms with van der Waals surface area (Å²) in [5, 5.41) is 8.30. The fourth-order valence-electron chi connectivity index (χ4n) is 1.69. The smallest absolute Gasteiger partial charge is 0.393 e. The maximum atomic E-state index is 12.4. The minimum absolute atomic E-state index is 0.00985. The Balaban J connectivity index is 2.61. The molecule has 1 N–H and O–H groups in total. The summed E-state index contributed by atoms with van der Waals surface area (Å²) in [6, 6.07) is 0. The van der Waals surface area contributed by atoms with Gasteiger partial charge in [0, 0.05) is 25.2 Å². The van der Waals surface area contributed by atoms with E-state index in [1.54, 1.807) is 0 Å². The molecule has 1 heterocycles. The van der Waals surface area contributed by atoms with Crippen LogP contribution in [0.25, 0.3) is 0 Å². The largest absolute Gasteiger partial charge is 0.478 e. The number of aliphatic carboxylic acids is 1. The highest BCUT2D eigenvalue weighted by molar-refractivity contribution is 5.93. The molecule has 1 amide bonds. The predicted molar refractivity (Wildman–Crippen MR) is 52.1 cm³/mol. The summed E-state index contributed by atoms with van der Waals surface area (Å²) < 4.78 is 37.3. The Kier molecular flexibility index (Phi) is 4.14. The summed E-state index contributed by atoms with van der Waals surface area (Å²) in [7, 11) is 0. The summed E-state index contributed by atoms with van der Waals surface area (Å²) in [5.41, 5.74) is 0. The molecule has 0 bridgehead atoms. The van der Waals surface area contributed by atoms with Gasteiger partial charge in [-0.3, -0.25) is 4.79 Å². The van der Waals surface area contributed by atoms with Crippen LogP contribution in [-0.4, -0.2) is 41.1 Å². The highest BCUT2D eigenvalue weighted by atomic mass is 19.4. The van der Waals surface area contributed by atoms with Crippen molar-refractivity contribution >= 4 is 11.9 Å². The molecule has 0 radical (unpaired) electrons. The van der Waals surface area contributed by atoms with Crippen molar-refractivity contribution < 1.29 is 27.9 Å². The average molecular weight is 251 g/mol. The van der Waals surface area contributed by atoms with E-state index in [1.807, 2.05) is 0 Å².